The van der Waals surface area contributed by atoms with Crippen LogP contribution in [0.3, 0.4) is 0 Å². The second kappa shape index (κ2) is 10.3. The summed E-state index contributed by atoms with van der Waals surface area (Å²) >= 11 is 10.6. The molecule has 1 heterocycles. The van der Waals surface area contributed by atoms with Crippen molar-refractivity contribution >= 4 is 62.1 Å². The molecule has 0 spiro atoms. The lowest BCUT2D eigenvalue weighted by molar-refractivity contribution is -0.115. The van der Waals surface area contributed by atoms with Crippen LogP contribution in [0.15, 0.2) is 81.1 Å². The first-order valence-corrected chi connectivity index (χ1v) is 11.6. The molecule has 3 aromatic rings. The average molecular weight is 530 g/mol. The number of rotatable bonds is 6. The molecule has 0 bridgehead atoms. The lowest BCUT2D eigenvalue weighted by Crippen LogP contribution is -2.19. The number of carbonyl (C=O) groups is 1. The third-order valence-corrected chi connectivity index (χ3v) is 6.19. The van der Waals surface area contributed by atoms with Gasteiger partial charge in [0.2, 0.25) is 0 Å². The number of hydrogen-bond acceptors (Lipinski definition) is 5. The molecule has 1 fully saturated rings. The highest BCUT2D eigenvalue weighted by molar-refractivity contribution is 9.10. The molecule has 1 aliphatic rings. The van der Waals surface area contributed by atoms with E-state index in [4.69, 9.17) is 21.1 Å². The Labute approximate surface area is 203 Å². The predicted molar refractivity (Wildman–Crippen MR) is 134 cm³/mol. The van der Waals surface area contributed by atoms with Crippen LogP contribution in [0.1, 0.15) is 11.1 Å². The highest BCUT2D eigenvalue weighted by atomic mass is 79.9. The SMILES string of the molecule is COc1cc(/C=C2\SC(=Nc3ccc(Cl)cc3)NC2=O)ccc1OCc1ccc(Br)cc1. The number of nitrogens with zero attached hydrogens (tertiary/aromatic N) is 1. The summed E-state index contributed by atoms with van der Waals surface area (Å²) in [6.45, 7) is 0.423. The summed E-state index contributed by atoms with van der Waals surface area (Å²) in [5.74, 6) is 1.03. The van der Waals surface area contributed by atoms with E-state index < -0.39 is 0 Å². The molecule has 1 aliphatic heterocycles. The minimum atomic E-state index is -0.197. The monoisotopic (exact) mass is 528 g/mol. The Hall–Kier alpha value is -2.74. The highest BCUT2D eigenvalue weighted by Gasteiger charge is 2.24. The third kappa shape index (κ3) is 5.73. The van der Waals surface area contributed by atoms with Crippen molar-refractivity contribution in [3.63, 3.8) is 0 Å². The van der Waals surface area contributed by atoms with Gasteiger partial charge < -0.3 is 14.8 Å². The van der Waals surface area contributed by atoms with Gasteiger partial charge in [0.05, 0.1) is 17.7 Å². The van der Waals surface area contributed by atoms with Crippen molar-refractivity contribution in [3.8, 4) is 11.5 Å². The van der Waals surface area contributed by atoms with Crippen molar-refractivity contribution in [2.75, 3.05) is 7.11 Å². The smallest absolute Gasteiger partial charge is 0.264 e. The van der Waals surface area contributed by atoms with E-state index in [2.05, 4.69) is 26.2 Å². The summed E-state index contributed by atoms with van der Waals surface area (Å²) in [7, 11) is 1.59. The number of thioether (sulfide) groups is 1. The fourth-order valence-electron chi connectivity index (χ4n) is 2.90. The summed E-state index contributed by atoms with van der Waals surface area (Å²) in [6.07, 6.45) is 1.80. The maximum atomic E-state index is 12.4. The van der Waals surface area contributed by atoms with Crippen molar-refractivity contribution in [3.05, 3.63) is 92.3 Å². The molecule has 162 valence electrons. The van der Waals surface area contributed by atoms with Crippen molar-refractivity contribution < 1.29 is 14.3 Å². The topological polar surface area (TPSA) is 59.9 Å². The molecule has 1 saturated heterocycles. The van der Waals surface area contributed by atoms with Crippen LogP contribution in [0.4, 0.5) is 5.69 Å². The van der Waals surface area contributed by atoms with Gasteiger partial charge in [0.25, 0.3) is 5.91 Å². The van der Waals surface area contributed by atoms with E-state index in [-0.39, 0.29) is 5.91 Å². The lowest BCUT2D eigenvalue weighted by atomic mass is 10.2. The van der Waals surface area contributed by atoms with Crippen LogP contribution >= 0.6 is 39.3 Å². The number of aliphatic imine (C=N–C) groups is 1. The van der Waals surface area contributed by atoms with Crippen molar-refractivity contribution in [1.29, 1.82) is 0 Å². The second-order valence-corrected chi connectivity index (χ2v) is 9.17. The number of hydrogen-bond donors (Lipinski definition) is 1. The molecule has 0 atom stereocenters. The Kier molecular flexibility index (Phi) is 7.19. The van der Waals surface area contributed by atoms with Gasteiger partial charge in [0, 0.05) is 9.50 Å². The van der Waals surface area contributed by atoms with Crippen molar-refractivity contribution in [2.45, 2.75) is 6.61 Å². The summed E-state index contributed by atoms with van der Waals surface area (Å²) in [4.78, 5) is 17.4. The van der Waals surface area contributed by atoms with E-state index in [0.717, 1.165) is 15.6 Å². The van der Waals surface area contributed by atoms with E-state index in [0.29, 0.717) is 38.9 Å². The molecule has 0 radical (unpaired) electrons. The Balaban J connectivity index is 1.47. The average Bonchev–Trinajstić information content (AvgIpc) is 3.13. The number of benzene rings is 3. The second-order valence-electron chi connectivity index (χ2n) is 6.78. The third-order valence-electron chi connectivity index (χ3n) is 4.50. The van der Waals surface area contributed by atoms with Gasteiger partial charge in [-0.1, -0.05) is 45.7 Å². The quantitative estimate of drug-likeness (QED) is 0.366. The summed E-state index contributed by atoms with van der Waals surface area (Å²) in [6, 6.07) is 20.6. The van der Waals surface area contributed by atoms with Crippen LogP contribution in [0, 0.1) is 0 Å². The minimum absolute atomic E-state index is 0.197. The predicted octanol–water partition coefficient (Wildman–Crippen LogP) is 6.58. The Morgan fingerprint density at radius 2 is 1.81 bits per heavy atom. The van der Waals surface area contributed by atoms with Crippen LogP contribution in [0.5, 0.6) is 11.5 Å². The van der Waals surface area contributed by atoms with Crippen LogP contribution < -0.4 is 14.8 Å². The zero-order valence-electron chi connectivity index (χ0n) is 17.0. The molecule has 32 heavy (non-hydrogen) atoms. The molecule has 1 N–H and O–H groups in total. The number of carbonyl (C=O) groups excluding carboxylic acids is 1. The fraction of sp³-hybridized carbons (Fsp3) is 0.0833. The molecule has 0 aromatic heterocycles. The Morgan fingerprint density at radius 1 is 1.06 bits per heavy atom. The van der Waals surface area contributed by atoms with Gasteiger partial charge in [-0.2, -0.15) is 0 Å². The Morgan fingerprint density at radius 3 is 2.53 bits per heavy atom. The van der Waals surface area contributed by atoms with Crippen LogP contribution in [-0.4, -0.2) is 18.2 Å². The van der Waals surface area contributed by atoms with E-state index in [1.165, 1.54) is 11.8 Å². The summed E-state index contributed by atoms with van der Waals surface area (Å²) < 4.78 is 12.4. The molecule has 5 nitrogen and oxygen atoms in total. The van der Waals surface area contributed by atoms with Gasteiger partial charge >= 0.3 is 0 Å². The van der Waals surface area contributed by atoms with Gasteiger partial charge in [0.1, 0.15) is 6.61 Å². The first-order chi connectivity index (χ1) is 15.5. The largest absolute Gasteiger partial charge is 0.493 e. The van der Waals surface area contributed by atoms with E-state index >= 15 is 0 Å². The van der Waals surface area contributed by atoms with Crippen LogP contribution in [0.25, 0.3) is 6.08 Å². The number of halogens is 2. The maximum absolute atomic E-state index is 12.4. The molecule has 0 saturated carbocycles. The number of amidine groups is 1. The van der Waals surface area contributed by atoms with Gasteiger partial charge in [-0.15, -0.1) is 0 Å². The zero-order valence-corrected chi connectivity index (χ0v) is 20.1. The fourth-order valence-corrected chi connectivity index (χ4v) is 4.13. The van der Waals surface area contributed by atoms with E-state index in [1.807, 2.05) is 42.5 Å². The van der Waals surface area contributed by atoms with Crippen molar-refractivity contribution in [1.82, 2.24) is 5.32 Å². The molecule has 8 heteroatoms. The highest BCUT2D eigenvalue weighted by Crippen LogP contribution is 2.33. The van der Waals surface area contributed by atoms with Gasteiger partial charge in [-0.25, -0.2) is 4.99 Å². The zero-order chi connectivity index (χ0) is 22.5. The molecule has 0 unspecified atom stereocenters. The first kappa shape index (κ1) is 22.5. The summed E-state index contributed by atoms with van der Waals surface area (Å²) in [5.41, 5.74) is 2.59. The van der Waals surface area contributed by atoms with Gasteiger partial charge in [-0.05, 0) is 77.5 Å². The molecular weight excluding hydrogens is 512 g/mol. The molecular formula is C24H18BrClN2O3S. The van der Waals surface area contributed by atoms with Gasteiger partial charge in [0.15, 0.2) is 16.7 Å². The Bertz CT molecular complexity index is 1190. The number of nitrogens with one attached hydrogen (secondary N) is 1. The lowest BCUT2D eigenvalue weighted by Gasteiger charge is -2.11. The standard InChI is InChI=1S/C24H18BrClN2O3S/c1-30-21-12-16(4-11-20(21)31-14-15-2-5-17(25)6-3-15)13-22-23(29)28-24(32-22)27-19-9-7-18(26)8-10-19/h2-13H,14H2,1H3,(H,27,28,29)/b22-13-. The molecule has 3 aromatic carbocycles. The minimum Gasteiger partial charge on any atom is -0.493 e. The van der Waals surface area contributed by atoms with Crippen LogP contribution in [-0.2, 0) is 11.4 Å². The van der Waals surface area contributed by atoms with Crippen LogP contribution in [0.2, 0.25) is 5.02 Å². The molecule has 4 rings (SSSR count). The number of methoxy groups -OCH3 is 1. The van der Waals surface area contributed by atoms with E-state index in [9.17, 15) is 4.79 Å². The molecule has 0 aliphatic carbocycles. The van der Waals surface area contributed by atoms with Crippen molar-refractivity contribution in [2.24, 2.45) is 4.99 Å². The van der Waals surface area contributed by atoms with Gasteiger partial charge in [-0.3, -0.25) is 4.79 Å². The summed E-state index contributed by atoms with van der Waals surface area (Å²) in [5, 5.41) is 3.94. The maximum Gasteiger partial charge on any atom is 0.264 e. The normalized spacial score (nSPS) is 15.8. The molecule has 1 amide bonds. The number of ether oxygens (including phenoxy) is 2. The number of amides is 1. The first-order valence-electron chi connectivity index (χ1n) is 9.60. The van der Waals surface area contributed by atoms with E-state index in [1.54, 1.807) is 37.5 Å².